The van der Waals surface area contributed by atoms with Crippen LogP contribution in [0.25, 0.3) is 12.2 Å². The van der Waals surface area contributed by atoms with Crippen molar-refractivity contribution in [2.45, 2.75) is 12.8 Å². The Morgan fingerprint density at radius 1 is 1.00 bits per heavy atom. The van der Waals surface area contributed by atoms with Crippen LogP contribution in [0.2, 0.25) is 0 Å². The van der Waals surface area contributed by atoms with Gasteiger partial charge in [-0.15, -0.1) is 0 Å². The van der Waals surface area contributed by atoms with Crippen LogP contribution in [0.15, 0.2) is 48.5 Å². The lowest BCUT2D eigenvalue weighted by molar-refractivity contribution is -0.117. The van der Waals surface area contributed by atoms with E-state index in [9.17, 15) is 9.18 Å². The molecule has 1 aliphatic heterocycles. The number of carbonyl (C=O) groups is 1. The first-order valence-corrected chi connectivity index (χ1v) is 7.06. The average molecular weight is 281 g/mol. The van der Waals surface area contributed by atoms with E-state index >= 15 is 0 Å². The van der Waals surface area contributed by atoms with E-state index in [2.05, 4.69) is 0 Å². The van der Waals surface area contributed by atoms with Crippen LogP contribution in [0, 0.1) is 5.82 Å². The summed E-state index contributed by atoms with van der Waals surface area (Å²) in [4.78, 5) is 13.5. The number of rotatable bonds is 3. The van der Waals surface area contributed by atoms with Crippen molar-refractivity contribution in [3.05, 3.63) is 65.5 Å². The zero-order valence-electron chi connectivity index (χ0n) is 11.6. The molecule has 2 aromatic carbocycles. The molecule has 2 nitrogen and oxygen atoms in total. The maximum Gasteiger partial charge on any atom is 0.227 e. The number of benzene rings is 2. The van der Waals surface area contributed by atoms with E-state index in [0.29, 0.717) is 6.42 Å². The minimum Gasteiger partial charge on any atom is -0.312 e. The second-order valence-electron chi connectivity index (χ2n) is 5.13. The van der Waals surface area contributed by atoms with Crippen LogP contribution >= 0.6 is 0 Å². The summed E-state index contributed by atoms with van der Waals surface area (Å²) < 4.78 is 13.1. The Morgan fingerprint density at radius 2 is 1.76 bits per heavy atom. The summed E-state index contributed by atoms with van der Waals surface area (Å²) in [5.41, 5.74) is 2.80. The van der Waals surface area contributed by atoms with Crippen molar-refractivity contribution >= 4 is 23.7 Å². The Morgan fingerprint density at radius 3 is 2.43 bits per heavy atom. The number of carbonyl (C=O) groups excluding carboxylic acids is 1. The maximum atomic E-state index is 13.1. The second kappa shape index (κ2) is 5.92. The van der Waals surface area contributed by atoms with Gasteiger partial charge in [0.15, 0.2) is 0 Å². The molecule has 0 N–H and O–H groups in total. The average Bonchev–Trinajstić information content (AvgIpc) is 2.92. The van der Waals surface area contributed by atoms with Gasteiger partial charge < -0.3 is 4.90 Å². The van der Waals surface area contributed by atoms with Gasteiger partial charge in [-0.25, -0.2) is 4.39 Å². The molecule has 1 heterocycles. The highest BCUT2D eigenvalue weighted by Gasteiger charge is 2.21. The topological polar surface area (TPSA) is 20.3 Å². The summed E-state index contributed by atoms with van der Waals surface area (Å²) >= 11 is 0. The minimum atomic E-state index is -0.236. The first kappa shape index (κ1) is 13.6. The number of hydrogen-bond acceptors (Lipinski definition) is 1. The van der Waals surface area contributed by atoms with Crippen molar-refractivity contribution < 1.29 is 9.18 Å². The van der Waals surface area contributed by atoms with Gasteiger partial charge in [0.2, 0.25) is 5.91 Å². The predicted molar refractivity (Wildman–Crippen MR) is 83.4 cm³/mol. The van der Waals surface area contributed by atoms with Gasteiger partial charge in [0.1, 0.15) is 5.82 Å². The molecule has 0 aliphatic carbocycles. The van der Waals surface area contributed by atoms with E-state index in [0.717, 1.165) is 29.8 Å². The molecule has 21 heavy (non-hydrogen) atoms. The SMILES string of the molecule is O=C1CCCN1c1ccc(C=Cc2cccc(F)c2)cc1. The van der Waals surface area contributed by atoms with Gasteiger partial charge in [-0.05, 0) is 41.8 Å². The van der Waals surface area contributed by atoms with Crippen molar-refractivity contribution in [3.63, 3.8) is 0 Å². The van der Waals surface area contributed by atoms with Crippen LogP contribution in [-0.4, -0.2) is 12.5 Å². The molecule has 106 valence electrons. The smallest absolute Gasteiger partial charge is 0.227 e. The van der Waals surface area contributed by atoms with Crippen LogP contribution in [0.4, 0.5) is 10.1 Å². The normalized spacial score (nSPS) is 15.1. The minimum absolute atomic E-state index is 0.193. The third kappa shape index (κ3) is 3.19. The fourth-order valence-corrected chi connectivity index (χ4v) is 2.49. The molecule has 0 saturated carbocycles. The highest BCUT2D eigenvalue weighted by atomic mass is 19.1. The molecule has 1 fully saturated rings. The number of anilines is 1. The summed E-state index contributed by atoms with van der Waals surface area (Å²) in [7, 11) is 0. The van der Waals surface area contributed by atoms with Crippen LogP contribution in [0.5, 0.6) is 0 Å². The summed E-state index contributed by atoms with van der Waals surface area (Å²) in [5, 5.41) is 0. The van der Waals surface area contributed by atoms with E-state index in [4.69, 9.17) is 0 Å². The highest BCUT2D eigenvalue weighted by molar-refractivity contribution is 5.95. The molecule has 2 aromatic rings. The fourth-order valence-electron chi connectivity index (χ4n) is 2.49. The van der Waals surface area contributed by atoms with E-state index in [1.807, 2.05) is 47.4 Å². The fraction of sp³-hybridized carbons (Fsp3) is 0.167. The molecule has 0 atom stereocenters. The van der Waals surface area contributed by atoms with Gasteiger partial charge in [0.05, 0.1) is 0 Å². The first-order chi connectivity index (χ1) is 10.2. The zero-order valence-corrected chi connectivity index (χ0v) is 11.6. The number of nitrogens with zero attached hydrogens (tertiary/aromatic N) is 1. The van der Waals surface area contributed by atoms with Gasteiger partial charge in [-0.2, -0.15) is 0 Å². The molecule has 0 spiro atoms. The predicted octanol–water partition coefficient (Wildman–Crippen LogP) is 4.12. The van der Waals surface area contributed by atoms with Crippen molar-refractivity contribution in [2.75, 3.05) is 11.4 Å². The van der Waals surface area contributed by atoms with E-state index in [-0.39, 0.29) is 11.7 Å². The van der Waals surface area contributed by atoms with Crippen molar-refractivity contribution in [1.29, 1.82) is 0 Å². The molecule has 0 aromatic heterocycles. The van der Waals surface area contributed by atoms with E-state index < -0.39 is 0 Å². The monoisotopic (exact) mass is 281 g/mol. The van der Waals surface area contributed by atoms with Crippen molar-refractivity contribution in [3.8, 4) is 0 Å². The lowest BCUT2D eigenvalue weighted by atomic mass is 10.1. The Kier molecular flexibility index (Phi) is 3.82. The van der Waals surface area contributed by atoms with Gasteiger partial charge in [-0.3, -0.25) is 4.79 Å². The summed E-state index contributed by atoms with van der Waals surface area (Å²) in [5.74, 6) is -0.0434. The lowest BCUT2D eigenvalue weighted by Gasteiger charge is -2.15. The molecule has 1 saturated heterocycles. The Balaban J connectivity index is 1.74. The molecule has 0 bridgehead atoms. The van der Waals surface area contributed by atoms with Gasteiger partial charge in [0, 0.05) is 18.7 Å². The first-order valence-electron chi connectivity index (χ1n) is 7.06. The third-order valence-corrected chi connectivity index (χ3v) is 3.60. The van der Waals surface area contributed by atoms with Gasteiger partial charge in [-0.1, -0.05) is 36.4 Å². The molecule has 0 radical (unpaired) electrons. The van der Waals surface area contributed by atoms with Crippen molar-refractivity contribution in [1.82, 2.24) is 0 Å². The molecule has 3 rings (SSSR count). The maximum absolute atomic E-state index is 13.1. The van der Waals surface area contributed by atoms with Crippen LogP contribution in [0.3, 0.4) is 0 Å². The summed E-state index contributed by atoms with van der Waals surface area (Å²) in [6.45, 7) is 0.803. The molecule has 1 amide bonds. The standard InChI is InChI=1S/C18H16FNO/c19-16-4-1-3-15(13-16)7-6-14-8-10-17(11-9-14)20-12-2-5-18(20)21/h1,3-4,6-11,13H,2,5,12H2. The van der Waals surface area contributed by atoms with Gasteiger partial charge in [0.25, 0.3) is 0 Å². The van der Waals surface area contributed by atoms with Gasteiger partial charge >= 0.3 is 0 Å². The quantitative estimate of drug-likeness (QED) is 0.775. The lowest BCUT2D eigenvalue weighted by Crippen LogP contribution is -2.23. The van der Waals surface area contributed by atoms with Crippen LogP contribution in [0.1, 0.15) is 24.0 Å². The largest absolute Gasteiger partial charge is 0.312 e. The van der Waals surface area contributed by atoms with Crippen molar-refractivity contribution in [2.24, 2.45) is 0 Å². The Bertz CT molecular complexity index is 676. The summed E-state index contributed by atoms with van der Waals surface area (Å²) in [6.07, 6.45) is 5.38. The van der Waals surface area contributed by atoms with Crippen LogP contribution in [-0.2, 0) is 4.79 Å². The zero-order chi connectivity index (χ0) is 14.7. The van der Waals surface area contributed by atoms with Crippen LogP contribution < -0.4 is 4.90 Å². The highest BCUT2D eigenvalue weighted by Crippen LogP contribution is 2.22. The summed E-state index contributed by atoms with van der Waals surface area (Å²) in [6, 6.07) is 14.3. The molecule has 0 unspecified atom stereocenters. The third-order valence-electron chi connectivity index (χ3n) is 3.60. The number of halogens is 1. The molecular weight excluding hydrogens is 265 g/mol. The Hall–Kier alpha value is -2.42. The second-order valence-corrected chi connectivity index (χ2v) is 5.13. The molecule has 3 heteroatoms. The molecular formula is C18H16FNO. The molecule has 1 aliphatic rings. The Labute approximate surface area is 123 Å². The number of hydrogen-bond donors (Lipinski definition) is 0. The number of amides is 1. The van der Waals surface area contributed by atoms with E-state index in [1.165, 1.54) is 12.1 Å². The van der Waals surface area contributed by atoms with E-state index in [1.54, 1.807) is 6.07 Å².